The van der Waals surface area contributed by atoms with Gasteiger partial charge in [0.15, 0.2) is 0 Å². The van der Waals surface area contributed by atoms with Crippen molar-refractivity contribution in [1.82, 2.24) is 10.2 Å². The van der Waals surface area contributed by atoms with E-state index in [1.807, 2.05) is 7.05 Å². The average Bonchev–Trinajstić information content (AvgIpc) is 2.31. The van der Waals surface area contributed by atoms with Crippen LogP contribution in [0.2, 0.25) is 0 Å². The van der Waals surface area contributed by atoms with Crippen LogP contribution in [0.3, 0.4) is 0 Å². The number of carbonyl (C=O) groups is 1. The van der Waals surface area contributed by atoms with Crippen LogP contribution in [0.25, 0.3) is 0 Å². The van der Waals surface area contributed by atoms with Crippen LogP contribution in [0.5, 0.6) is 0 Å². The standard InChI is InChI=1S/C13H26N2O/c1-4-12(5-2)13(16)15-8-6-7-11(10-15)9-14-3/h11-12,14H,4-10H2,1-3H3. The van der Waals surface area contributed by atoms with Gasteiger partial charge < -0.3 is 10.2 Å². The summed E-state index contributed by atoms with van der Waals surface area (Å²) in [5.74, 6) is 1.27. The van der Waals surface area contributed by atoms with Crippen molar-refractivity contribution in [1.29, 1.82) is 0 Å². The lowest BCUT2D eigenvalue weighted by atomic mass is 9.95. The van der Waals surface area contributed by atoms with Crippen molar-refractivity contribution in [2.45, 2.75) is 39.5 Å². The van der Waals surface area contributed by atoms with E-state index in [0.717, 1.165) is 38.9 Å². The van der Waals surface area contributed by atoms with E-state index in [9.17, 15) is 4.79 Å². The number of likely N-dealkylation sites (tertiary alicyclic amines) is 1. The Morgan fingerprint density at radius 1 is 1.44 bits per heavy atom. The molecule has 0 aliphatic carbocycles. The third-order valence-electron chi connectivity index (χ3n) is 3.66. The highest BCUT2D eigenvalue weighted by Crippen LogP contribution is 2.20. The monoisotopic (exact) mass is 226 g/mol. The molecule has 94 valence electrons. The maximum Gasteiger partial charge on any atom is 0.225 e. The van der Waals surface area contributed by atoms with Gasteiger partial charge in [0.1, 0.15) is 0 Å². The van der Waals surface area contributed by atoms with Gasteiger partial charge in [-0.3, -0.25) is 4.79 Å². The van der Waals surface area contributed by atoms with Gasteiger partial charge in [0.05, 0.1) is 0 Å². The molecular weight excluding hydrogens is 200 g/mol. The quantitative estimate of drug-likeness (QED) is 0.776. The summed E-state index contributed by atoms with van der Waals surface area (Å²) >= 11 is 0. The lowest BCUT2D eigenvalue weighted by Crippen LogP contribution is -2.44. The number of nitrogens with zero attached hydrogens (tertiary/aromatic N) is 1. The molecule has 3 nitrogen and oxygen atoms in total. The van der Waals surface area contributed by atoms with Crippen LogP contribution in [-0.2, 0) is 4.79 Å². The van der Waals surface area contributed by atoms with Crippen LogP contribution in [0.1, 0.15) is 39.5 Å². The zero-order valence-corrected chi connectivity index (χ0v) is 11.0. The Labute approximate surface area is 99.6 Å². The summed E-state index contributed by atoms with van der Waals surface area (Å²) in [5.41, 5.74) is 0. The lowest BCUT2D eigenvalue weighted by molar-refractivity contribution is -0.137. The van der Waals surface area contributed by atoms with Crippen molar-refractivity contribution in [3.8, 4) is 0 Å². The first-order valence-electron chi connectivity index (χ1n) is 6.66. The fourth-order valence-electron chi connectivity index (χ4n) is 2.62. The Hall–Kier alpha value is -0.570. The van der Waals surface area contributed by atoms with Gasteiger partial charge in [-0.2, -0.15) is 0 Å². The van der Waals surface area contributed by atoms with Crippen molar-refractivity contribution in [2.75, 3.05) is 26.7 Å². The minimum Gasteiger partial charge on any atom is -0.342 e. The first-order valence-corrected chi connectivity index (χ1v) is 6.66. The summed E-state index contributed by atoms with van der Waals surface area (Å²) in [6, 6.07) is 0. The molecule has 0 saturated carbocycles. The first-order chi connectivity index (χ1) is 7.72. The molecule has 1 N–H and O–H groups in total. The summed E-state index contributed by atoms with van der Waals surface area (Å²) in [4.78, 5) is 14.3. The van der Waals surface area contributed by atoms with Gasteiger partial charge in [-0.15, -0.1) is 0 Å². The van der Waals surface area contributed by atoms with E-state index < -0.39 is 0 Å². The number of carbonyl (C=O) groups excluding carboxylic acids is 1. The third-order valence-corrected chi connectivity index (χ3v) is 3.66. The molecule has 1 rings (SSSR count). The Morgan fingerprint density at radius 2 is 2.12 bits per heavy atom. The lowest BCUT2D eigenvalue weighted by Gasteiger charge is -2.34. The van der Waals surface area contributed by atoms with E-state index in [4.69, 9.17) is 0 Å². The molecule has 1 aliphatic rings. The first kappa shape index (κ1) is 13.5. The van der Waals surface area contributed by atoms with Gasteiger partial charge in [0.25, 0.3) is 0 Å². The second-order valence-electron chi connectivity index (χ2n) is 4.86. The van der Waals surface area contributed by atoms with Crippen molar-refractivity contribution in [2.24, 2.45) is 11.8 Å². The van der Waals surface area contributed by atoms with Gasteiger partial charge >= 0.3 is 0 Å². The molecule has 0 aromatic heterocycles. The number of hydrogen-bond donors (Lipinski definition) is 1. The zero-order valence-electron chi connectivity index (χ0n) is 11.0. The van der Waals surface area contributed by atoms with Gasteiger partial charge in [0.2, 0.25) is 5.91 Å². The van der Waals surface area contributed by atoms with Crippen molar-refractivity contribution in [3.63, 3.8) is 0 Å². The molecule has 16 heavy (non-hydrogen) atoms. The van der Waals surface area contributed by atoms with Crippen LogP contribution < -0.4 is 5.32 Å². The smallest absolute Gasteiger partial charge is 0.225 e. The number of amides is 1. The fraction of sp³-hybridized carbons (Fsp3) is 0.923. The summed E-state index contributed by atoms with van der Waals surface area (Å²) in [6.45, 7) is 7.18. The number of piperidine rings is 1. The van der Waals surface area contributed by atoms with Gasteiger partial charge in [-0.1, -0.05) is 13.8 Å². The molecule has 1 amide bonds. The van der Waals surface area contributed by atoms with E-state index in [1.165, 1.54) is 6.42 Å². The minimum absolute atomic E-state index is 0.244. The molecular formula is C13H26N2O. The van der Waals surface area contributed by atoms with E-state index >= 15 is 0 Å². The molecule has 0 radical (unpaired) electrons. The third kappa shape index (κ3) is 3.48. The maximum atomic E-state index is 12.2. The molecule has 0 spiro atoms. The van der Waals surface area contributed by atoms with Gasteiger partial charge in [-0.25, -0.2) is 0 Å². The fourth-order valence-corrected chi connectivity index (χ4v) is 2.62. The minimum atomic E-state index is 0.244. The molecule has 1 heterocycles. The highest BCUT2D eigenvalue weighted by molar-refractivity contribution is 5.78. The van der Waals surface area contributed by atoms with Crippen molar-refractivity contribution < 1.29 is 4.79 Å². The molecule has 1 atom stereocenters. The molecule has 0 bridgehead atoms. The van der Waals surface area contributed by atoms with Crippen LogP contribution in [0.15, 0.2) is 0 Å². The predicted molar refractivity (Wildman–Crippen MR) is 67.3 cm³/mol. The summed E-state index contributed by atoms with van der Waals surface area (Å²) in [7, 11) is 1.99. The summed E-state index contributed by atoms with van der Waals surface area (Å²) in [6.07, 6.45) is 4.37. The molecule has 1 saturated heterocycles. The van der Waals surface area contributed by atoms with E-state index in [1.54, 1.807) is 0 Å². The Bertz CT molecular complexity index is 212. The van der Waals surface area contributed by atoms with Gasteiger partial charge in [-0.05, 0) is 45.2 Å². The maximum absolute atomic E-state index is 12.2. The predicted octanol–water partition coefficient (Wildman–Crippen LogP) is 1.88. The highest BCUT2D eigenvalue weighted by atomic mass is 16.2. The average molecular weight is 226 g/mol. The SMILES string of the molecule is CCC(CC)C(=O)N1CCCC(CNC)C1. The van der Waals surface area contributed by atoms with Crippen molar-refractivity contribution >= 4 is 5.91 Å². The number of hydrogen-bond acceptors (Lipinski definition) is 2. The molecule has 0 aromatic rings. The Kier molecular flexibility index (Phi) is 5.81. The molecule has 0 aromatic carbocycles. The summed E-state index contributed by atoms with van der Waals surface area (Å²) < 4.78 is 0. The second kappa shape index (κ2) is 6.89. The van der Waals surface area contributed by atoms with Gasteiger partial charge in [0, 0.05) is 19.0 Å². The van der Waals surface area contributed by atoms with E-state index in [0.29, 0.717) is 11.8 Å². The highest BCUT2D eigenvalue weighted by Gasteiger charge is 2.26. The molecule has 1 unspecified atom stereocenters. The zero-order chi connectivity index (χ0) is 12.0. The Balaban J connectivity index is 2.49. The second-order valence-corrected chi connectivity index (χ2v) is 4.86. The van der Waals surface area contributed by atoms with Crippen LogP contribution in [-0.4, -0.2) is 37.5 Å². The van der Waals surface area contributed by atoms with E-state index in [-0.39, 0.29) is 5.92 Å². The number of nitrogens with one attached hydrogen (secondary N) is 1. The van der Waals surface area contributed by atoms with Crippen LogP contribution in [0.4, 0.5) is 0 Å². The molecule has 1 aliphatic heterocycles. The van der Waals surface area contributed by atoms with Crippen molar-refractivity contribution in [3.05, 3.63) is 0 Å². The molecule has 1 fully saturated rings. The van der Waals surface area contributed by atoms with Crippen LogP contribution >= 0.6 is 0 Å². The van der Waals surface area contributed by atoms with E-state index in [2.05, 4.69) is 24.1 Å². The molecule has 3 heteroatoms. The largest absolute Gasteiger partial charge is 0.342 e. The Morgan fingerprint density at radius 3 is 2.69 bits per heavy atom. The summed E-state index contributed by atoms with van der Waals surface area (Å²) in [5, 5.41) is 3.22. The normalized spacial score (nSPS) is 21.5. The number of rotatable bonds is 5. The van der Waals surface area contributed by atoms with Crippen LogP contribution in [0, 0.1) is 11.8 Å². The topological polar surface area (TPSA) is 32.3 Å².